The maximum Gasteiger partial charge on any atom is 0.143 e. The highest BCUT2D eigenvalue weighted by atomic mass is 32.2. The number of thioether (sulfide) groups is 1. The fourth-order valence-electron chi connectivity index (χ4n) is 1.26. The minimum atomic E-state index is 0.660. The van der Waals surface area contributed by atoms with Crippen LogP contribution >= 0.6 is 11.8 Å². The van der Waals surface area contributed by atoms with Gasteiger partial charge in [-0.3, -0.25) is 0 Å². The molecular formula is C12H19NOS. The van der Waals surface area contributed by atoms with E-state index < -0.39 is 0 Å². The SMILES string of the molecule is CCCCSc1cccc(OCC)c1N. The van der Waals surface area contributed by atoms with Crippen molar-refractivity contribution in [2.24, 2.45) is 0 Å². The third kappa shape index (κ3) is 3.67. The highest BCUT2D eigenvalue weighted by Gasteiger charge is 2.05. The summed E-state index contributed by atoms with van der Waals surface area (Å²) in [6.45, 7) is 4.82. The Kier molecular flexibility index (Phi) is 5.40. The predicted molar refractivity (Wildman–Crippen MR) is 67.7 cm³/mol. The average Bonchev–Trinajstić information content (AvgIpc) is 2.24. The van der Waals surface area contributed by atoms with E-state index >= 15 is 0 Å². The monoisotopic (exact) mass is 225 g/mol. The van der Waals surface area contributed by atoms with Crippen molar-refractivity contribution in [2.45, 2.75) is 31.6 Å². The van der Waals surface area contributed by atoms with E-state index in [9.17, 15) is 0 Å². The molecule has 0 spiro atoms. The second-order valence-electron chi connectivity index (χ2n) is 3.30. The molecule has 0 bridgehead atoms. The molecular weight excluding hydrogens is 206 g/mol. The number of ether oxygens (including phenoxy) is 1. The van der Waals surface area contributed by atoms with Gasteiger partial charge in [0.15, 0.2) is 0 Å². The summed E-state index contributed by atoms with van der Waals surface area (Å²) in [7, 11) is 0. The Hall–Kier alpha value is -0.830. The first-order valence-electron chi connectivity index (χ1n) is 5.43. The van der Waals surface area contributed by atoms with E-state index in [2.05, 4.69) is 13.0 Å². The largest absolute Gasteiger partial charge is 0.492 e. The molecule has 0 aliphatic heterocycles. The zero-order chi connectivity index (χ0) is 11.1. The molecule has 0 radical (unpaired) electrons. The molecule has 15 heavy (non-hydrogen) atoms. The molecule has 0 amide bonds. The molecule has 0 unspecified atom stereocenters. The number of hydrogen-bond donors (Lipinski definition) is 1. The van der Waals surface area contributed by atoms with Crippen molar-refractivity contribution in [2.75, 3.05) is 18.1 Å². The van der Waals surface area contributed by atoms with Crippen LogP contribution in [0.4, 0.5) is 5.69 Å². The van der Waals surface area contributed by atoms with Gasteiger partial charge in [-0.1, -0.05) is 19.4 Å². The lowest BCUT2D eigenvalue weighted by Gasteiger charge is -2.10. The number of hydrogen-bond acceptors (Lipinski definition) is 3. The Morgan fingerprint density at radius 3 is 2.80 bits per heavy atom. The molecule has 3 heteroatoms. The van der Waals surface area contributed by atoms with Gasteiger partial charge >= 0.3 is 0 Å². The standard InChI is InChI=1S/C12H19NOS/c1-3-5-9-15-11-8-6-7-10(12(11)13)14-4-2/h6-8H,3-5,9,13H2,1-2H3. The van der Waals surface area contributed by atoms with Gasteiger partial charge in [0, 0.05) is 4.90 Å². The average molecular weight is 225 g/mol. The van der Waals surface area contributed by atoms with Crippen molar-refractivity contribution < 1.29 is 4.74 Å². The first-order valence-corrected chi connectivity index (χ1v) is 6.42. The summed E-state index contributed by atoms with van der Waals surface area (Å²) < 4.78 is 5.45. The van der Waals surface area contributed by atoms with Gasteiger partial charge in [0.05, 0.1) is 12.3 Å². The number of unbranched alkanes of at least 4 members (excludes halogenated alkanes) is 1. The van der Waals surface area contributed by atoms with Gasteiger partial charge in [-0.05, 0) is 31.2 Å². The first-order chi connectivity index (χ1) is 7.29. The van der Waals surface area contributed by atoms with Crippen LogP contribution in [-0.4, -0.2) is 12.4 Å². The van der Waals surface area contributed by atoms with Crippen LogP contribution in [0.3, 0.4) is 0 Å². The van der Waals surface area contributed by atoms with E-state index in [0.717, 1.165) is 22.1 Å². The number of nitrogens with two attached hydrogens (primary N) is 1. The van der Waals surface area contributed by atoms with Crippen LogP contribution < -0.4 is 10.5 Å². The smallest absolute Gasteiger partial charge is 0.143 e. The van der Waals surface area contributed by atoms with E-state index in [1.165, 1.54) is 12.8 Å². The van der Waals surface area contributed by atoms with Crippen molar-refractivity contribution in [1.82, 2.24) is 0 Å². The molecule has 0 fully saturated rings. The predicted octanol–water partition coefficient (Wildman–Crippen LogP) is 3.56. The molecule has 0 heterocycles. The van der Waals surface area contributed by atoms with Crippen molar-refractivity contribution >= 4 is 17.4 Å². The summed E-state index contributed by atoms with van der Waals surface area (Å²) in [6.07, 6.45) is 2.45. The summed E-state index contributed by atoms with van der Waals surface area (Å²) in [6, 6.07) is 5.97. The van der Waals surface area contributed by atoms with Gasteiger partial charge in [0.1, 0.15) is 5.75 Å². The van der Waals surface area contributed by atoms with Crippen LogP contribution in [0, 0.1) is 0 Å². The van der Waals surface area contributed by atoms with Crippen LogP contribution in [0.5, 0.6) is 5.75 Å². The second kappa shape index (κ2) is 6.62. The quantitative estimate of drug-likeness (QED) is 0.457. The summed E-state index contributed by atoms with van der Waals surface area (Å²) in [5.74, 6) is 1.93. The van der Waals surface area contributed by atoms with Crippen LogP contribution in [0.15, 0.2) is 23.1 Å². The molecule has 1 aromatic carbocycles. The third-order valence-electron chi connectivity index (χ3n) is 2.08. The van der Waals surface area contributed by atoms with Gasteiger partial charge in [-0.25, -0.2) is 0 Å². The summed E-state index contributed by atoms with van der Waals surface area (Å²) in [4.78, 5) is 1.13. The molecule has 2 nitrogen and oxygen atoms in total. The van der Waals surface area contributed by atoms with Crippen molar-refractivity contribution in [3.05, 3.63) is 18.2 Å². The molecule has 0 saturated heterocycles. The molecule has 84 valence electrons. The zero-order valence-electron chi connectivity index (χ0n) is 9.45. The van der Waals surface area contributed by atoms with Crippen molar-refractivity contribution in [1.29, 1.82) is 0 Å². The van der Waals surface area contributed by atoms with E-state index in [4.69, 9.17) is 10.5 Å². The van der Waals surface area contributed by atoms with Crippen LogP contribution in [-0.2, 0) is 0 Å². The molecule has 0 aliphatic carbocycles. The Morgan fingerprint density at radius 2 is 2.13 bits per heavy atom. The maximum atomic E-state index is 6.01. The molecule has 2 N–H and O–H groups in total. The lowest BCUT2D eigenvalue weighted by molar-refractivity contribution is 0.341. The summed E-state index contributed by atoms with van der Waals surface area (Å²) in [5, 5.41) is 0. The van der Waals surface area contributed by atoms with Crippen molar-refractivity contribution in [3.8, 4) is 5.75 Å². The number of para-hydroxylation sites is 1. The van der Waals surface area contributed by atoms with E-state index in [1.807, 2.05) is 19.1 Å². The van der Waals surface area contributed by atoms with Gasteiger partial charge in [-0.15, -0.1) is 11.8 Å². The first kappa shape index (κ1) is 12.2. The fraction of sp³-hybridized carbons (Fsp3) is 0.500. The maximum absolute atomic E-state index is 6.01. The van der Waals surface area contributed by atoms with E-state index in [0.29, 0.717) is 6.61 Å². The normalized spacial score (nSPS) is 10.3. The zero-order valence-corrected chi connectivity index (χ0v) is 10.3. The fourth-order valence-corrected chi connectivity index (χ4v) is 2.34. The Labute approximate surface area is 96.2 Å². The van der Waals surface area contributed by atoms with Gasteiger partial charge in [-0.2, -0.15) is 0 Å². The summed E-state index contributed by atoms with van der Waals surface area (Å²) in [5.41, 5.74) is 6.78. The highest BCUT2D eigenvalue weighted by molar-refractivity contribution is 7.99. The lowest BCUT2D eigenvalue weighted by Crippen LogP contribution is -1.98. The molecule has 0 aliphatic rings. The lowest BCUT2D eigenvalue weighted by atomic mass is 10.3. The number of benzene rings is 1. The van der Waals surface area contributed by atoms with Crippen LogP contribution in [0.2, 0.25) is 0 Å². The molecule has 1 aromatic rings. The molecule has 0 atom stereocenters. The van der Waals surface area contributed by atoms with Crippen LogP contribution in [0.1, 0.15) is 26.7 Å². The van der Waals surface area contributed by atoms with Gasteiger partial charge in [0.2, 0.25) is 0 Å². The Balaban J connectivity index is 2.66. The minimum Gasteiger partial charge on any atom is -0.492 e. The molecule has 0 saturated carbocycles. The van der Waals surface area contributed by atoms with E-state index in [1.54, 1.807) is 11.8 Å². The van der Waals surface area contributed by atoms with E-state index in [-0.39, 0.29) is 0 Å². The second-order valence-corrected chi connectivity index (χ2v) is 4.44. The summed E-state index contributed by atoms with van der Waals surface area (Å²) >= 11 is 1.81. The van der Waals surface area contributed by atoms with Gasteiger partial charge in [0.25, 0.3) is 0 Å². The topological polar surface area (TPSA) is 35.2 Å². The molecule has 0 aromatic heterocycles. The molecule has 1 rings (SSSR count). The number of rotatable bonds is 6. The number of anilines is 1. The minimum absolute atomic E-state index is 0.660. The highest BCUT2D eigenvalue weighted by Crippen LogP contribution is 2.32. The number of nitrogen functional groups attached to an aromatic ring is 1. The van der Waals surface area contributed by atoms with Crippen molar-refractivity contribution in [3.63, 3.8) is 0 Å². The Bertz CT molecular complexity index is 302. The van der Waals surface area contributed by atoms with Gasteiger partial charge < -0.3 is 10.5 Å². The van der Waals surface area contributed by atoms with Crippen LogP contribution in [0.25, 0.3) is 0 Å². The Morgan fingerprint density at radius 1 is 1.33 bits per heavy atom. The third-order valence-corrected chi connectivity index (χ3v) is 3.24.